The van der Waals surface area contributed by atoms with E-state index in [1.807, 2.05) is 22.1 Å². The maximum atomic E-state index is 12.6. The van der Waals surface area contributed by atoms with Crippen LogP contribution in [-0.4, -0.2) is 77.9 Å². The average Bonchev–Trinajstić information content (AvgIpc) is 3.15. The number of hydrogen-bond acceptors (Lipinski definition) is 6. The molecule has 2 aliphatic heterocycles. The maximum absolute atomic E-state index is 12.6. The molecule has 0 bridgehead atoms. The van der Waals surface area contributed by atoms with Crippen molar-refractivity contribution in [3.05, 3.63) is 24.2 Å². The van der Waals surface area contributed by atoms with E-state index < -0.39 is 0 Å². The third kappa shape index (κ3) is 5.28. The van der Waals surface area contributed by atoms with Gasteiger partial charge in [-0.05, 0) is 31.4 Å². The van der Waals surface area contributed by atoms with Crippen molar-refractivity contribution in [1.82, 2.24) is 14.9 Å². The van der Waals surface area contributed by atoms with Crippen molar-refractivity contribution in [3.63, 3.8) is 0 Å². The molecule has 0 saturated carbocycles. The van der Waals surface area contributed by atoms with Crippen molar-refractivity contribution in [1.29, 1.82) is 0 Å². The molecule has 3 rings (SSSR count). The molecule has 1 aromatic heterocycles. The average molecular weight is 351 g/mol. The first-order valence-electron chi connectivity index (χ1n) is 9.29. The highest BCUT2D eigenvalue weighted by Gasteiger charge is 2.29. The SMILES string of the molecule is O=C(CCN1CCCCO1)N1CCN(Cc2ccco2)C(CCO)C1. The molecule has 1 N–H and O–H groups in total. The molecule has 2 saturated heterocycles. The zero-order valence-corrected chi connectivity index (χ0v) is 14.8. The number of carbonyl (C=O) groups is 1. The number of aliphatic hydroxyl groups is 1. The Kier molecular flexibility index (Phi) is 6.86. The Hall–Kier alpha value is -1.41. The number of rotatable bonds is 7. The lowest BCUT2D eigenvalue weighted by atomic mass is 10.1. The number of nitrogens with zero attached hydrogens (tertiary/aromatic N) is 3. The lowest BCUT2D eigenvalue weighted by Gasteiger charge is -2.41. The van der Waals surface area contributed by atoms with E-state index in [1.165, 1.54) is 0 Å². The van der Waals surface area contributed by atoms with Gasteiger partial charge < -0.3 is 14.4 Å². The van der Waals surface area contributed by atoms with Gasteiger partial charge in [0.05, 0.1) is 19.4 Å². The first-order chi connectivity index (χ1) is 12.3. The molecule has 7 heteroatoms. The molecule has 140 valence electrons. The molecule has 0 spiro atoms. The van der Waals surface area contributed by atoms with Crippen LogP contribution >= 0.6 is 0 Å². The molecule has 1 aromatic rings. The second-order valence-corrected chi connectivity index (χ2v) is 6.78. The molecule has 1 unspecified atom stereocenters. The van der Waals surface area contributed by atoms with Crippen LogP contribution in [0.2, 0.25) is 0 Å². The maximum Gasteiger partial charge on any atom is 0.224 e. The summed E-state index contributed by atoms with van der Waals surface area (Å²) in [4.78, 5) is 22.4. The number of furan rings is 1. The van der Waals surface area contributed by atoms with Gasteiger partial charge in [0.25, 0.3) is 0 Å². The van der Waals surface area contributed by atoms with Crippen LogP contribution in [-0.2, 0) is 16.2 Å². The number of hydroxylamine groups is 2. The van der Waals surface area contributed by atoms with Crippen LogP contribution in [0.4, 0.5) is 0 Å². The normalized spacial score (nSPS) is 23.1. The topological polar surface area (TPSA) is 69.4 Å². The molecular weight excluding hydrogens is 322 g/mol. The highest BCUT2D eigenvalue weighted by molar-refractivity contribution is 5.76. The standard InChI is InChI=1S/C18H29N3O4/c22-11-6-16-14-20(10-9-19(16)15-17-4-3-12-24-17)18(23)5-8-21-7-1-2-13-25-21/h3-4,12,16,22H,1-2,5-11,13-15H2. The quantitative estimate of drug-likeness (QED) is 0.793. The predicted octanol–water partition coefficient (Wildman–Crippen LogP) is 1.09. The van der Waals surface area contributed by atoms with Gasteiger partial charge in [-0.1, -0.05) is 0 Å². The van der Waals surface area contributed by atoms with Crippen molar-refractivity contribution >= 4 is 5.91 Å². The first kappa shape index (κ1) is 18.4. The molecular formula is C18H29N3O4. The van der Waals surface area contributed by atoms with E-state index in [9.17, 15) is 9.90 Å². The number of aliphatic hydroxyl groups excluding tert-OH is 1. The van der Waals surface area contributed by atoms with Crippen molar-refractivity contribution < 1.29 is 19.2 Å². The van der Waals surface area contributed by atoms with E-state index in [1.54, 1.807) is 6.26 Å². The summed E-state index contributed by atoms with van der Waals surface area (Å²) in [6.45, 7) is 5.39. The molecule has 3 heterocycles. The number of carbonyl (C=O) groups excluding carboxylic acids is 1. The van der Waals surface area contributed by atoms with E-state index in [0.717, 1.165) is 51.4 Å². The minimum Gasteiger partial charge on any atom is -0.468 e. The van der Waals surface area contributed by atoms with Crippen LogP contribution in [0, 0.1) is 0 Å². The van der Waals surface area contributed by atoms with Crippen molar-refractivity contribution in [2.45, 2.75) is 38.3 Å². The zero-order chi connectivity index (χ0) is 17.5. The minimum atomic E-state index is 0.128. The van der Waals surface area contributed by atoms with Gasteiger partial charge in [-0.15, -0.1) is 0 Å². The summed E-state index contributed by atoms with van der Waals surface area (Å²) in [5.74, 6) is 1.10. The molecule has 0 radical (unpaired) electrons. The van der Waals surface area contributed by atoms with Gasteiger partial charge in [-0.2, -0.15) is 5.06 Å². The fourth-order valence-corrected chi connectivity index (χ4v) is 3.56. The van der Waals surface area contributed by atoms with Gasteiger partial charge in [-0.25, -0.2) is 0 Å². The highest BCUT2D eigenvalue weighted by Crippen LogP contribution is 2.18. The third-order valence-corrected chi connectivity index (χ3v) is 5.01. The molecule has 25 heavy (non-hydrogen) atoms. The van der Waals surface area contributed by atoms with E-state index in [2.05, 4.69) is 4.90 Å². The number of piperazine rings is 1. The molecule has 7 nitrogen and oxygen atoms in total. The van der Waals surface area contributed by atoms with Gasteiger partial charge >= 0.3 is 0 Å². The monoisotopic (exact) mass is 351 g/mol. The molecule has 0 aliphatic carbocycles. The van der Waals surface area contributed by atoms with Crippen molar-refractivity contribution in [2.24, 2.45) is 0 Å². The van der Waals surface area contributed by atoms with E-state index >= 15 is 0 Å². The fourth-order valence-electron chi connectivity index (χ4n) is 3.56. The number of hydrogen-bond donors (Lipinski definition) is 1. The van der Waals surface area contributed by atoms with Gasteiger partial charge in [-0.3, -0.25) is 14.5 Å². The van der Waals surface area contributed by atoms with Gasteiger partial charge in [0.1, 0.15) is 5.76 Å². The summed E-state index contributed by atoms with van der Waals surface area (Å²) >= 11 is 0. The van der Waals surface area contributed by atoms with E-state index in [4.69, 9.17) is 9.25 Å². The highest BCUT2D eigenvalue weighted by atomic mass is 16.7. The summed E-state index contributed by atoms with van der Waals surface area (Å²) in [5.41, 5.74) is 0. The molecule has 1 atom stereocenters. The van der Waals surface area contributed by atoms with Crippen molar-refractivity contribution in [3.8, 4) is 0 Å². The molecule has 1 amide bonds. The zero-order valence-electron chi connectivity index (χ0n) is 14.8. The number of amides is 1. The third-order valence-electron chi connectivity index (χ3n) is 5.01. The Morgan fingerprint density at radius 3 is 2.92 bits per heavy atom. The van der Waals surface area contributed by atoms with Crippen molar-refractivity contribution in [2.75, 3.05) is 45.9 Å². The Balaban J connectivity index is 1.48. The Bertz CT molecular complexity index is 516. The van der Waals surface area contributed by atoms with Crippen LogP contribution in [0.5, 0.6) is 0 Å². The second kappa shape index (κ2) is 9.33. The van der Waals surface area contributed by atoms with Crippen LogP contribution in [0.1, 0.15) is 31.4 Å². The van der Waals surface area contributed by atoms with E-state index in [0.29, 0.717) is 25.9 Å². The Labute approximate surface area is 149 Å². The first-order valence-corrected chi connectivity index (χ1v) is 9.29. The van der Waals surface area contributed by atoms with Gasteiger partial charge in [0.2, 0.25) is 5.91 Å². The molecule has 2 aliphatic rings. The smallest absolute Gasteiger partial charge is 0.224 e. The predicted molar refractivity (Wildman–Crippen MR) is 92.6 cm³/mol. The van der Waals surface area contributed by atoms with Crippen LogP contribution < -0.4 is 0 Å². The van der Waals surface area contributed by atoms with Crippen LogP contribution in [0.15, 0.2) is 22.8 Å². The largest absolute Gasteiger partial charge is 0.468 e. The Morgan fingerprint density at radius 2 is 2.20 bits per heavy atom. The second-order valence-electron chi connectivity index (χ2n) is 6.78. The van der Waals surface area contributed by atoms with Crippen LogP contribution in [0.3, 0.4) is 0 Å². The summed E-state index contributed by atoms with van der Waals surface area (Å²) < 4.78 is 5.44. The molecule has 0 aromatic carbocycles. The fraction of sp³-hybridized carbons (Fsp3) is 0.722. The summed E-state index contributed by atoms with van der Waals surface area (Å²) in [6, 6.07) is 4.02. The van der Waals surface area contributed by atoms with E-state index in [-0.39, 0.29) is 18.6 Å². The van der Waals surface area contributed by atoms with Gasteiger partial charge in [0.15, 0.2) is 0 Å². The summed E-state index contributed by atoms with van der Waals surface area (Å²) in [7, 11) is 0. The molecule has 2 fully saturated rings. The minimum absolute atomic E-state index is 0.128. The lowest BCUT2D eigenvalue weighted by Crippen LogP contribution is -2.54. The van der Waals surface area contributed by atoms with Gasteiger partial charge in [0, 0.05) is 51.8 Å². The summed E-state index contributed by atoms with van der Waals surface area (Å²) in [6.07, 6.45) is 5.08. The van der Waals surface area contributed by atoms with Crippen LogP contribution in [0.25, 0.3) is 0 Å². The lowest BCUT2D eigenvalue weighted by molar-refractivity contribution is -0.183. The summed E-state index contributed by atoms with van der Waals surface area (Å²) in [5, 5.41) is 11.3. The Morgan fingerprint density at radius 1 is 1.28 bits per heavy atom.